The standard InChI is InChI=1S/C27H31N3O4S/c1-20-10-14-23(15-11-20)18-29(22(3)27(32)28-4)26(31)19-30(24-16-12-21(2)13-17-24)35(33,34)25-8-6-5-7-9-25/h5-17,22H,18-19H2,1-4H3,(H,28,32). The number of amides is 2. The van der Waals surface area contributed by atoms with Crippen LogP contribution in [-0.4, -0.2) is 44.8 Å². The molecule has 2 amide bonds. The Balaban J connectivity index is 2.00. The van der Waals surface area contributed by atoms with E-state index in [2.05, 4.69) is 5.32 Å². The highest BCUT2D eigenvalue weighted by Gasteiger charge is 2.32. The van der Waals surface area contributed by atoms with Gasteiger partial charge in [-0.1, -0.05) is 65.7 Å². The maximum absolute atomic E-state index is 13.6. The topological polar surface area (TPSA) is 86.8 Å². The maximum atomic E-state index is 13.6. The van der Waals surface area contributed by atoms with Gasteiger partial charge in [-0.05, 0) is 50.6 Å². The van der Waals surface area contributed by atoms with Crippen molar-refractivity contribution in [3.8, 4) is 0 Å². The lowest BCUT2D eigenvalue weighted by Crippen LogP contribution is -2.50. The number of hydrogen-bond acceptors (Lipinski definition) is 4. The Labute approximate surface area is 207 Å². The van der Waals surface area contributed by atoms with Gasteiger partial charge in [0.15, 0.2) is 0 Å². The Morgan fingerprint density at radius 2 is 1.40 bits per heavy atom. The van der Waals surface area contributed by atoms with Gasteiger partial charge in [-0.3, -0.25) is 13.9 Å². The van der Waals surface area contributed by atoms with E-state index in [0.717, 1.165) is 21.0 Å². The van der Waals surface area contributed by atoms with Gasteiger partial charge in [0, 0.05) is 13.6 Å². The third kappa shape index (κ3) is 6.27. The van der Waals surface area contributed by atoms with Gasteiger partial charge in [-0.15, -0.1) is 0 Å². The van der Waals surface area contributed by atoms with Crippen LogP contribution in [0.15, 0.2) is 83.8 Å². The number of benzene rings is 3. The second-order valence-corrected chi connectivity index (χ2v) is 10.3. The summed E-state index contributed by atoms with van der Waals surface area (Å²) in [7, 11) is -2.53. The molecule has 35 heavy (non-hydrogen) atoms. The molecule has 0 saturated heterocycles. The van der Waals surface area contributed by atoms with Gasteiger partial charge < -0.3 is 10.2 Å². The smallest absolute Gasteiger partial charge is 0.264 e. The minimum Gasteiger partial charge on any atom is -0.357 e. The third-order valence-corrected chi connectivity index (χ3v) is 7.61. The molecule has 0 heterocycles. The summed E-state index contributed by atoms with van der Waals surface area (Å²) in [5.74, 6) is -0.819. The van der Waals surface area contributed by atoms with E-state index >= 15 is 0 Å². The van der Waals surface area contributed by atoms with E-state index in [9.17, 15) is 18.0 Å². The third-order valence-electron chi connectivity index (χ3n) is 5.82. The molecule has 0 bridgehead atoms. The number of nitrogens with zero attached hydrogens (tertiary/aromatic N) is 2. The van der Waals surface area contributed by atoms with Crippen LogP contribution in [-0.2, 0) is 26.2 Å². The zero-order valence-electron chi connectivity index (χ0n) is 20.4. The second kappa shape index (κ2) is 11.2. The molecule has 3 aromatic carbocycles. The average molecular weight is 494 g/mol. The van der Waals surface area contributed by atoms with Crippen molar-refractivity contribution in [3.05, 3.63) is 95.6 Å². The summed E-state index contributed by atoms with van der Waals surface area (Å²) in [5.41, 5.74) is 3.25. The Morgan fingerprint density at radius 1 is 0.857 bits per heavy atom. The predicted octanol–water partition coefficient (Wildman–Crippen LogP) is 3.66. The molecule has 0 spiro atoms. The fraction of sp³-hybridized carbons (Fsp3) is 0.259. The molecule has 8 heteroatoms. The molecule has 0 fully saturated rings. The van der Waals surface area contributed by atoms with E-state index in [1.54, 1.807) is 49.4 Å². The summed E-state index contributed by atoms with van der Waals surface area (Å²) in [6.45, 7) is 5.22. The number of carbonyl (C=O) groups is 2. The monoisotopic (exact) mass is 493 g/mol. The van der Waals surface area contributed by atoms with Crippen molar-refractivity contribution < 1.29 is 18.0 Å². The number of aryl methyl sites for hydroxylation is 2. The first-order valence-electron chi connectivity index (χ1n) is 11.3. The molecule has 1 atom stereocenters. The summed E-state index contributed by atoms with van der Waals surface area (Å²) >= 11 is 0. The maximum Gasteiger partial charge on any atom is 0.264 e. The number of likely N-dealkylation sites (N-methyl/N-ethyl adjacent to an activating group) is 1. The van der Waals surface area contributed by atoms with Gasteiger partial charge in [-0.2, -0.15) is 0 Å². The van der Waals surface area contributed by atoms with Gasteiger partial charge in [0.05, 0.1) is 10.6 Å². The Morgan fingerprint density at radius 3 is 1.94 bits per heavy atom. The minimum atomic E-state index is -4.04. The molecule has 1 unspecified atom stereocenters. The lowest BCUT2D eigenvalue weighted by atomic mass is 10.1. The van der Waals surface area contributed by atoms with Crippen LogP contribution >= 0.6 is 0 Å². The van der Waals surface area contributed by atoms with Crippen LogP contribution in [0.2, 0.25) is 0 Å². The lowest BCUT2D eigenvalue weighted by Gasteiger charge is -2.31. The van der Waals surface area contributed by atoms with Crippen LogP contribution < -0.4 is 9.62 Å². The molecule has 7 nitrogen and oxygen atoms in total. The summed E-state index contributed by atoms with van der Waals surface area (Å²) < 4.78 is 28.3. The first kappa shape index (κ1) is 26.0. The molecule has 0 aliphatic carbocycles. The number of hydrogen-bond donors (Lipinski definition) is 1. The highest BCUT2D eigenvalue weighted by Crippen LogP contribution is 2.25. The van der Waals surface area contributed by atoms with Crippen molar-refractivity contribution in [2.75, 3.05) is 17.9 Å². The summed E-state index contributed by atoms with van der Waals surface area (Å²) in [6, 6.07) is 21.8. The Hall–Kier alpha value is -3.65. The normalized spacial score (nSPS) is 12.0. The summed E-state index contributed by atoms with van der Waals surface area (Å²) in [6.07, 6.45) is 0. The van der Waals surface area contributed by atoms with Crippen LogP contribution in [0.25, 0.3) is 0 Å². The molecule has 3 rings (SSSR count). The van der Waals surface area contributed by atoms with Crippen LogP contribution in [0, 0.1) is 13.8 Å². The number of carbonyl (C=O) groups excluding carboxylic acids is 2. The molecule has 0 aliphatic rings. The summed E-state index contributed by atoms with van der Waals surface area (Å²) in [4.78, 5) is 27.6. The van der Waals surface area contributed by atoms with E-state index in [0.29, 0.717) is 5.69 Å². The van der Waals surface area contributed by atoms with E-state index in [-0.39, 0.29) is 17.3 Å². The minimum absolute atomic E-state index is 0.0813. The van der Waals surface area contributed by atoms with Gasteiger partial charge >= 0.3 is 0 Å². The molecule has 3 aromatic rings. The molecule has 0 aliphatic heterocycles. The van der Waals surface area contributed by atoms with Crippen molar-refractivity contribution in [1.29, 1.82) is 0 Å². The molecule has 1 N–H and O–H groups in total. The van der Waals surface area contributed by atoms with Crippen LogP contribution in [0.3, 0.4) is 0 Å². The molecule has 0 saturated carbocycles. The van der Waals surface area contributed by atoms with Crippen LogP contribution in [0.5, 0.6) is 0 Å². The first-order chi connectivity index (χ1) is 16.6. The van der Waals surface area contributed by atoms with Gasteiger partial charge in [0.1, 0.15) is 12.6 Å². The second-order valence-electron chi connectivity index (χ2n) is 8.46. The van der Waals surface area contributed by atoms with Crippen LogP contribution in [0.4, 0.5) is 5.69 Å². The van der Waals surface area contributed by atoms with Gasteiger partial charge in [0.2, 0.25) is 11.8 Å². The Bertz CT molecular complexity index is 1260. The molecule has 0 aromatic heterocycles. The summed E-state index contributed by atoms with van der Waals surface area (Å²) in [5, 5.41) is 2.58. The van der Waals surface area contributed by atoms with Crippen molar-refractivity contribution >= 4 is 27.5 Å². The van der Waals surface area contributed by atoms with Gasteiger partial charge in [0.25, 0.3) is 10.0 Å². The fourth-order valence-corrected chi connectivity index (χ4v) is 5.08. The van der Waals surface area contributed by atoms with E-state index < -0.39 is 28.5 Å². The average Bonchev–Trinajstić information content (AvgIpc) is 2.87. The number of sulfonamides is 1. The molecular weight excluding hydrogens is 462 g/mol. The van der Waals surface area contributed by atoms with Crippen molar-refractivity contribution in [1.82, 2.24) is 10.2 Å². The number of anilines is 1. The largest absolute Gasteiger partial charge is 0.357 e. The SMILES string of the molecule is CNC(=O)C(C)N(Cc1ccc(C)cc1)C(=O)CN(c1ccc(C)cc1)S(=O)(=O)c1ccccc1. The zero-order chi connectivity index (χ0) is 25.6. The van der Waals surface area contributed by atoms with E-state index in [1.165, 1.54) is 24.1 Å². The van der Waals surface area contributed by atoms with E-state index in [1.807, 2.05) is 38.1 Å². The van der Waals surface area contributed by atoms with Crippen molar-refractivity contribution in [3.63, 3.8) is 0 Å². The Kier molecular flexibility index (Phi) is 8.30. The molecular formula is C27H31N3O4S. The highest BCUT2D eigenvalue weighted by molar-refractivity contribution is 7.92. The van der Waals surface area contributed by atoms with Crippen molar-refractivity contribution in [2.24, 2.45) is 0 Å². The quantitative estimate of drug-likeness (QED) is 0.493. The first-order valence-corrected chi connectivity index (χ1v) is 12.8. The van der Waals surface area contributed by atoms with Gasteiger partial charge in [-0.25, -0.2) is 8.42 Å². The zero-order valence-corrected chi connectivity index (χ0v) is 21.2. The number of rotatable bonds is 9. The highest BCUT2D eigenvalue weighted by atomic mass is 32.2. The fourth-order valence-electron chi connectivity index (χ4n) is 3.64. The predicted molar refractivity (Wildman–Crippen MR) is 137 cm³/mol. The van der Waals surface area contributed by atoms with E-state index in [4.69, 9.17) is 0 Å². The van der Waals surface area contributed by atoms with Crippen LogP contribution in [0.1, 0.15) is 23.6 Å². The lowest BCUT2D eigenvalue weighted by molar-refractivity contribution is -0.139. The number of nitrogens with one attached hydrogen (secondary N) is 1. The molecule has 0 radical (unpaired) electrons. The van der Waals surface area contributed by atoms with Crippen molar-refractivity contribution in [2.45, 2.75) is 38.3 Å². The molecule has 184 valence electrons.